The third kappa shape index (κ3) is 3.54. The van der Waals surface area contributed by atoms with Crippen molar-refractivity contribution in [1.29, 1.82) is 0 Å². The standard InChI is InChI=1S/C19H19NO3/c1-19(2,3)23-18(21)20-12-11-14-13-16(9-10-17(14)20)22-15-7-5-4-6-8-15/h4-13H,1-3H3. The van der Waals surface area contributed by atoms with Crippen molar-refractivity contribution in [2.24, 2.45) is 0 Å². The molecule has 2 aromatic carbocycles. The number of aromatic nitrogens is 1. The lowest BCUT2D eigenvalue weighted by Gasteiger charge is -2.19. The van der Waals surface area contributed by atoms with E-state index in [4.69, 9.17) is 9.47 Å². The maximum atomic E-state index is 12.2. The number of para-hydroxylation sites is 1. The molecule has 1 aromatic heterocycles. The zero-order valence-corrected chi connectivity index (χ0v) is 13.4. The molecule has 1 heterocycles. The third-order valence-electron chi connectivity index (χ3n) is 3.23. The monoisotopic (exact) mass is 309 g/mol. The Morgan fingerprint density at radius 2 is 1.70 bits per heavy atom. The molecule has 0 saturated heterocycles. The fourth-order valence-electron chi connectivity index (χ4n) is 2.28. The third-order valence-corrected chi connectivity index (χ3v) is 3.23. The minimum absolute atomic E-state index is 0.385. The summed E-state index contributed by atoms with van der Waals surface area (Å²) in [4.78, 5) is 12.2. The summed E-state index contributed by atoms with van der Waals surface area (Å²) in [5.74, 6) is 1.50. The molecule has 0 unspecified atom stereocenters. The van der Waals surface area contributed by atoms with Gasteiger partial charge in [0, 0.05) is 11.6 Å². The predicted molar refractivity (Wildman–Crippen MR) is 90.1 cm³/mol. The highest BCUT2D eigenvalue weighted by molar-refractivity contribution is 5.90. The average Bonchev–Trinajstić information content (AvgIpc) is 2.90. The van der Waals surface area contributed by atoms with Crippen molar-refractivity contribution < 1.29 is 14.3 Å². The van der Waals surface area contributed by atoms with Gasteiger partial charge in [-0.1, -0.05) is 18.2 Å². The molecule has 0 fully saturated rings. The SMILES string of the molecule is CC(C)(C)OC(=O)n1ccc2cc(Oc3ccccc3)ccc21. The van der Waals surface area contributed by atoms with E-state index in [0.717, 1.165) is 22.4 Å². The van der Waals surface area contributed by atoms with Crippen LogP contribution in [-0.2, 0) is 4.74 Å². The molecule has 0 amide bonds. The maximum absolute atomic E-state index is 12.2. The number of rotatable bonds is 2. The summed E-state index contributed by atoms with van der Waals surface area (Å²) in [5.41, 5.74) is 0.268. The number of fused-ring (bicyclic) bond motifs is 1. The number of carbonyl (C=O) groups excluding carboxylic acids is 1. The Bertz CT molecular complexity index is 829. The Balaban J connectivity index is 1.87. The molecule has 0 saturated carbocycles. The summed E-state index contributed by atoms with van der Waals surface area (Å²) >= 11 is 0. The van der Waals surface area contributed by atoms with Gasteiger partial charge in [-0.3, -0.25) is 4.57 Å². The Hall–Kier alpha value is -2.75. The smallest absolute Gasteiger partial charge is 0.418 e. The second-order valence-corrected chi connectivity index (χ2v) is 6.30. The topological polar surface area (TPSA) is 40.5 Å². The molecule has 4 heteroatoms. The zero-order chi connectivity index (χ0) is 16.4. The Labute approximate surface area is 135 Å². The summed E-state index contributed by atoms with van der Waals surface area (Å²) in [6.07, 6.45) is 1.33. The van der Waals surface area contributed by atoms with Crippen LogP contribution < -0.4 is 4.74 Å². The van der Waals surface area contributed by atoms with E-state index in [2.05, 4.69) is 0 Å². The normalized spacial score (nSPS) is 11.4. The van der Waals surface area contributed by atoms with Crippen LogP contribution >= 0.6 is 0 Å². The van der Waals surface area contributed by atoms with Crippen LogP contribution in [-0.4, -0.2) is 16.3 Å². The minimum atomic E-state index is -0.524. The highest BCUT2D eigenvalue weighted by Crippen LogP contribution is 2.26. The van der Waals surface area contributed by atoms with E-state index in [0.29, 0.717) is 0 Å². The Kier molecular flexibility index (Phi) is 3.82. The predicted octanol–water partition coefficient (Wildman–Crippen LogP) is 5.22. The van der Waals surface area contributed by atoms with Crippen molar-refractivity contribution in [2.75, 3.05) is 0 Å². The van der Waals surface area contributed by atoms with E-state index in [1.54, 1.807) is 6.20 Å². The fraction of sp³-hybridized carbons (Fsp3) is 0.211. The molecular weight excluding hydrogens is 290 g/mol. The van der Waals surface area contributed by atoms with Gasteiger partial charge in [-0.15, -0.1) is 0 Å². The number of nitrogens with zero attached hydrogens (tertiary/aromatic N) is 1. The number of benzene rings is 2. The highest BCUT2D eigenvalue weighted by atomic mass is 16.6. The van der Waals surface area contributed by atoms with Crippen molar-refractivity contribution in [3.05, 3.63) is 60.8 Å². The van der Waals surface area contributed by atoms with Gasteiger partial charge < -0.3 is 9.47 Å². The lowest BCUT2D eigenvalue weighted by Crippen LogP contribution is -2.26. The van der Waals surface area contributed by atoms with Gasteiger partial charge in [-0.05, 0) is 57.2 Å². The molecule has 118 valence electrons. The first-order valence-electron chi connectivity index (χ1n) is 7.50. The van der Waals surface area contributed by atoms with Crippen LogP contribution in [0.2, 0.25) is 0 Å². The van der Waals surface area contributed by atoms with Crippen molar-refractivity contribution >= 4 is 17.0 Å². The molecule has 0 N–H and O–H groups in total. The van der Waals surface area contributed by atoms with Crippen molar-refractivity contribution in [2.45, 2.75) is 26.4 Å². The van der Waals surface area contributed by atoms with E-state index in [-0.39, 0.29) is 6.09 Å². The summed E-state index contributed by atoms with van der Waals surface area (Å²) in [6, 6.07) is 17.1. The average molecular weight is 309 g/mol. The number of carbonyl (C=O) groups is 1. The quantitative estimate of drug-likeness (QED) is 0.652. The second kappa shape index (κ2) is 5.80. The highest BCUT2D eigenvalue weighted by Gasteiger charge is 2.19. The van der Waals surface area contributed by atoms with Crippen LogP contribution in [0.5, 0.6) is 11.5 Å². The molecule has 0 aliphatic rings. The summed E-state index contributed by atoms with van der Waals surface area (Å²) < 4.78 is 12.7. The Morgan fingerprint density at radius 3 is 2.39 bits per heavy atom. The van der Waals surface area contributed by atoms with Crippen molar-refractivity contribution in [3.8, 4) is 11.5 Å². The van der Waals surface area contributed by atoms with Crippen LogP contribution in [0.3, 0.4) is 0 Å². The number of hydrogen-bond donors (Lipinski definition) is 0. The van der Waals surface area contributed by atoms with E-state index in [9.17, 15) is 4.79 Å². The van der Waals surface area contributed by atoms with E-state index in [1.807, 2.05) is 75.4 Å². The lowest BCUT2D eigenvalue weighted by molar-refractivity contribution is 0.0544. The molecular formula is C19H19NO3. The van der Waals surface area contributed by atoms with Gasteiger partial charge in [0.25, 0.3) is 0 Å². The van der Waals surface area contributed by atoms with Gasteiger partial charge in [-0.2, -0.15) is 0 Å². The van der Waals surface area contributed by atoms with Gasteiger partial charge in [0.15, 0.2) is 0 Å². The lowest BCUT2D eigenvalue weighted by atomic mass is 10.2. The summed E-state index contributed by atoms with van der Waals surface area (Å²) in [5, 5.41) is 0.921. The van der Waals surface area contributed by atoms with Crippen LogP contribution in [0.4, 0.5) is 4.79 Å². The van der Waals surface area contributed by atoms with Crippen LogP contribution in [0.1, 0.15) is 20.8 Å². The molecule has 0 aliphatic heterocycles. The summed E-state index contributed by atoms with van der Waals surface area (Å²) in [6.45, 7) is 5.55. The molecule has 0 bridgehead atoms. The van der Waals surface area contributed by atoms with Gasteiger partial charge in [0.05, 0.1) is 5.52 Å². The fourth-order valence-corrected chi connectivity index (χ4v) is 2.28. The van der Waals surface area contributed by atoms with Gasteiger partial charge in [0.1, 0.15) is 17.1 Å². The first-order valence-corrected chi connectivity index (χ1v) is 7.50. The molecule has 0 atom stereocenters. The van der Waals surface area contributed by atoms with Gasteiger partial charge in [-0.25, -0.2) is 4.79 Å². The number of ether oxygens (including phenoxy) is 2. The molecule has 0 spiro atoms. The molecule has 3 rings (SSSR count). The summed E-state index contributed by atoms with van der Waals surface area (Å²) in [7, 11) is 0. The second-order valence-electron chi connectivity index (χ2n) is 6.30. The number of hydrogen-bond acceptors (Lipinski definition) is 3. The van der Waals surface area contributed by atoms with Crippen LogP contribution in [0.25, 0.3) is 10.9 Å². The largest absolute Gasteiger partial charge is 0.457 e. The molecule has 23 heavy (non-hydrogen) atoms. The molecule has 0 radical (unpaired) electrons. The molecule has 0 aliphatic carbocycles. The maximum Gasteiger partial charge on any atom is 0.418 e. The van der Waals surface area contributed by atoms with Crippen LogP contribution in [0, 0.1) is 0 Å². The minimum Gasteiger partial charge on any atom is -0.457 e. The van der Waals surface area contributed by atoms with Gasteiger partial charge >= 0.3 is 6.09 Å². The van der Waals surface area contributed by atoms with E-state index >= 15 is 0 Å². The van der Waals surface area contributed by atoms with Crippen molar-refractivity contribution in [1.82, 2.24) is 4.57 Å². The molecule has 4 nitrogen and oxygen atoms in total. The Morgan fingerprint density at radius 1 is 0.957 bits per heavy atom. The molecule has 3 aromatic rings. The zero-order valence-electron chi connectivity index (χ0n) is 13.4. The van der Waals surface area contributed by atoms with Crippen molar-refractivity contribution in [3.63, 3.8) is 0 Å². The first kappa shape index (κ1) is 15.2. The van der Waals surface area contributed by atoms with Crippen LogP contribution in [0.15, 0.2) is 60.8 Å². The van der Waals surface area contributed by atoms with Gasteiger partial charge in [0.2, 0.25) is 0 Å². The first-order chi connectivity index (χ1) is 10.9. The van der Waals surface area contributed by atoms with E-state index < -0.39 is 5.60 Å². The van der Waals surface area contributed by atoms with E-state index in [1.165, 1.54) is 4.57 Å².